The molecule has 0 aliphatic rings. The summed E-state index contributed by atoms with van der Waals surface area (Å²) in [5.41, 5.74) is 6.30. The molecule has 0 aliphatic carbocycles. The fraction of sp³-hybridized carbons (Fsp3) is 0.375. The zero-order chi connectivity index (χ0) is 14.0. The van der Waals surface area contributed by atoms with Crippen molar-refractivity contribution in [2.75, 3.05) is 14.2 Å². The minimum Gasteiger partial charge on any atom is -0.493 e. The fourth-order valence-electron chi connectivity index (χ4n) is 2.32. The molecule has 0 saturated carbocycles. The van der Waals surface area contributed by atoms with Crippen LogP contribution in [-0.2, 0) is 0 Å². The second-order valence-corrected chi connectivity index (χ2v) is 4.63. The Morgan fingerprint density at radius 2 is 1.22 bits per heavy atom. The quantitative estimate of drug-likeness (QED) is 0.784. The van der Waals surface area contributed by atoms with Gasteiger partial charge in [-0.2, -0.15) is 0 Å². The van der Waals surface area contributed by atoms with Crippen molar-refractivity contribution in [1.29, 1.82) is 0 Å². The predicted molar refractivity (Wildman–Crippen MR) is 78.4 cm³/mol. The second-order valence-electron chi connectivity index (χ2n) is 4.63. The normalized spacial score (nSPS) is 10.1. The van der Waals surface area contributed by atoms with Crippen LogP contribution in [-0.4, -0.2) is 14.2 Å². The Morgan fingerprint density at radius 3 is 1.56 bits per heavy atom. The highest BCUT2D eigenvalue weighted by Crippen LogP contribution is 2.44. The summed E-state index contributed by atoms with van der Waals surface area (Å²) in [6, 6.07) is 0. The number of allylic oxidation sites excluding steroid dienone is 2. The third kappa shape index (κ3) is 2.15. The van der Waals surface area contributed by atoms with Crippen LogP contribution in [0.3, 0.4) is 0 Å². The molecule has 1 rings (SSSR count). The van der Waals surface area contributed by atoms with Crippen LogP contribution >= 0.6 is 0 Å². The fourth-order valence-corrected chi connectivity index (χ4v) is 2.32. The lowest BCUT2D eigenvalue weighted by Crippen LogP contribution is -2.04. The van der Waals surface area contributed by atoms with E-state index in [0.717, 1.165) is 44.9 Å². The van der Waals surface area contributed by atoms with Crippen molar-refractivity contribution in [3.05, 3.63) is 35.4 Å². The number of benzene rings is 1. The van der Waals surface area contributed by atoms with Gasteiger partial charge in [-0.15, -0.1) is 0 Å². The van der Waals surface area contributed by atoms with Gasteiger partial charge >= 0.3 is 0 Å². The van der Waals surface area contributed by atoms with Crippen LogP contribution in [0.25, 0.3) is 11.1 Å². The maximum atomic E-state index is 5.53. The smallest absolute Gasteiger partial charge is 0.169 e. The van der Waals surface area contributed by atoms with E-state index in [-0.39, 0.29) is 0 Å². The van der Waals surface area contributed by atoms with E-state index in [1.807, 2.05) is 20.8 Å². The molecule has 0 heterocycles. The highest BCUT2D eigenvalue weighted by Gasteiger charge is 2.21. The standard InChI is InChI=1S/C16H22O2/c1-9(2)13-11(5)12(6)15(17-7)16(18-8)14(13)10(3)4/h1,3H2,2,4-8H3. The Labute approximate surface area is 110 Å². The molecule has 1 aromatic carbocycles. The largest absolute Gasteiger partial charge is 0.493 e. The Hall–Kier alpha value is -1.70. The Balaban J connectivity index is 3.89. The van der Waals surface area contributed by atoms with Gasteiger partial charge in [-0.05, 0) is 50.0 Å². The number of rotatable bonds is 4. The van der Waals surface area contributed by atoms with Crippen molar-refractivity contribution < 1.29 is 9.47 Å². The molecule has 0 aromatic heterocycles. The van der Waals surface area contributed by atoms with Crippen LogP contribution in [0.2, 0.25) is 0 Å². The molecule has 0 unspecified atom stereocenters. The summed E-state index contributed by atoms with van der Waals surface area (Å²) in [6.45, 7) is 16.2. The average molecular weight is 246 g/mol. The summed E-state index contributed by atoms with van der Waals surface area (Å²) >= 11 is 0. The zero-order valence-corrected chi connectivity index (χ0v) is 12.2. The number of methoxy groups -OCH3 is 2. The first-order chi connectivity index (χ1) is 8.36. The van der Waals surface area contributed by atoms with E-state index < -0.39 is 0 Å². The molecule has 18 heavy (non-hydrogen) atoms. The lowest BCUT2D eigenvalue weighted by molar-refractivity contribution is 0.351. The summed E-state index contributed by atoms with van der Waals surface area (Å²) in [6.07, 6.45) is 0. The van der Waals surface area contributed by atoms with Gasteiger partial charge in [0.15, 0.2) is 11.5 Å². The van der Waals surface area contributed by atoms with Crippen molar-refractivity contribution in [2.24, 2.45) is 0 Å². The van der Waals surface area contributed by atoms with Gasteiger partial charge in [-0.3, -0.25) is 0 Å². The molecular weight excluding hydrogens is 224 g/mol. The predicted octanol–water partition coefficient (Wildman–Crippen LogP) is 4.39. The molecule has 98 valence electrons. The van der Waals surface area contributed by atoms with Crippen molar-refractivity contribution in [3.63, 3.8) is 0 Å². The maximum Gasteiger partial charge on any atom is 0.169 e. The highest BCUT2D eigenvalue weighted by atomic mass is 16.5. The van der Waals surface area contributed by atoms with E-state index in [9.17, 15) is 0 Å². The van der Waals surface area contributed by atoms with Gasteiger partial charge in [0, 0.05) is 5.56 Å². The van der Waals surface area contributed by atoms with Crippen molar-refractivity contribution in [1.82, 2.24) is 0 Å². The maximum absolute atomic E-state index is 5.53. The van der Waals surface area contributed by atoms with Crippen LogP contribution < -0.4 is 9.47 Å². The van der Waals surface area contributed by atoms with Crippen LogP contribution in [0, 0.1) is 13.8 Å². The molecule has 0 bridgehead atoms. The van der Waals surface area contributed by atoms with Gasteiger partial charge in [0.2, 0.25) is 0 Å². The minimum atomic E-state index is 0.742. The zero-order valence-electron chi connectivity index (χ0n) is 12.2. The van der Waals surface area contributed by atoms with E-state index in [2.05, 4.69) is 20.1 Å². The molecule has 0 radical (unpaired) electrons. The van der Waals surface area contributed by atoms with Gasteiger partial charge in [0.25, 0.3) is 0 Å². The summed E-state index contributed by atoms with van der Waals surface area (Å²) in [4.78, 5) is 0. The Kier molecular flexibility index (Phi) is 4.23. The average Bonchev–Trinajstić information content (AvgIpc) is 2.30. The molecule has 1 aromatic rings. The number of hydrogen-bond acceptors (Lipinski definition) is 2. The molecule has 0 saturated heterocycles. The molecule has 0 amide bonds. The van der Waals surface area contributed by atoms with Gasteiger partial charge < -0.3 is 9.47 Å². The SMILES string of the molecule is C=C(C)c1c(C)c(C)c(OC)c(OC)c1C(=C)C. The first-order valence-corrected chi connectivity index (χ1v) is 5.93. The van der Waals surface area contributed by atoms with Crippen LogP contribution in [0.5, 0.6) is 11.5 Å². The summed E-state index contributed by atoms with van der Waals surface area (Å²) in [5.74, 6) is 1.52. The molecular formula is C16H22O2. The minimum absolute atomic E-state index is 0.742. The van der Waals surface area contributed by atoms with E-state index >= 15 is 0 Å². The van der Waals surface area contributed by atoms with E-state index in [4.69, 9.17) is 9.47 Å². The molecule has 2 heteroatoms. The monoisotopic (exact) mass is 246 g/mol. The first-order valence-electron chi connectivity index (χ1n) is 5.93. The molecule has 2 nitrogen and oxygen atoms in total. The third-order valence-corrected chi connectivity index (χ3v) is 3.22. The van der Waals surface area contributed by atoms with Crippen LogP contribution in [0.4, 0.5) is 0 Å². The third-order valence-electron chi connectivity index (χ3n) is 3.22. The van der Waals surface area contributed by atoms with Gasteiger partial charge in [-0.1, -0.05) is 18.7 Å². The van der Waals surface area contributed by atoms with Crippen LogP contribution in [0.1, 0.15) is 36.1 Å². The van der Waals surface area contributed by atoms with E-state index in [1.54, 1.807) is 14.2 Å². The molecule has 0 aliphatic heterocycles. The molecule has 0 atom stereocenters. The summed E-state index contributed by atoms with van der Waals surface area (Å²) in [7, 11) is 3.31. The summed E-state index contributed by atoms with van der Waals surface area (Å²) in [5, 5.41) is 0. The Morgan fingerprint density at radius 1 is 0.778 bits per heavy atom. The van der Waals surface area contributed by atoms with E-state index in [0.29, 0.717) is 0 Å². The van der Waals surface area contributed by atoms with Crippen molar-refractivity contribution >= 4 is 11.1 Å². The number of ether oxygens (including phenoxy) is 2. The lowest BCUT2D eigenvalue weighted by Gasteiger charge is -2.22. The first kappa shape index (κ1) is 14.4. The van der Waals surface area contributed by atoms with E-state index in [1.165, 1.54) is 0 Å². The second kappa shape index (κ2) is 5.30. The van der Waals surface area contributed by atoms with Gasteiger partial charge in [0.1, 0.15) is 0 Å². The van der Waals surface area contributed by atoms with Crippen molar-refractivity contribution in [3.8, 4) is 11.5 Å². The van der Waals surface area contributed by atoms with Crippen LogP contribution in [0.15, 0.2) is 13.2 Å². The topological polar surface area (TPSA) is 18.5 Å². The Bertz CT molecular complexity index is 511. The van der Waals surface area contributed by atoms with Gasteiger partial charge in [-0.25, -0.2) is 0 Å². The van der Waals surface area contributed by atoms with Crippen molar-refractivity contribution in [2.45, 2.75) is 27.7 Å². The number of hydrogen-bond donors (Lipinski definition) is 0. The molecule has 0 N–H and O–H groups in total. The molecule has 0 spiro atoms. The highest BCUT2D eigenvalue weighted by molar-refractivity contribution is 5.85. The molecule has 0 fully saturated rings. The lowest BCUT2D eigenvalue weighted by atomic mass is 9.88. The summed E-state index contributed by atoms with van der Waals surface area (Å²) < 4.78 is 11.0. The van der Waals surface area contributed by atoms with Gasteiger partial charge in [0.05, 0.1) is 14.2 Å².